The van der Waals surface area contributed by atoms with Crippen LogP contribution in [0.15, 0.2) is 6.07 Å². The van der Waals surface area contributed by atoms with Crippen molar-refractivity contribution >= 4 is 34.9 Å². The molecule has 0 radical (unpaired) electrons. The molecule has 7 nitrogen and oxygen atoms in total. The van der Waals surface area contributed by atoms with Crippen LogP contribution < -0.4 is 20.4 Å². The summed E-state index contributed by atoms with van der Waals surface area (Å²) in [5, 5.41) is 7.04. The van der Waals surface area contributed by atoms with Crippen molar-refractivity contribution in [1.29, 1.82) is 0 Å². The number of piperidine rings is 1. The fraction of sp³-hybridized carbons (Fsp3) is 0.762. The van der Waals surface area contributed by atoms with Gasteiger partial charge in [-0.15, -0.1) is 0 Å². The van der Waals surface area contributed by atoms with Gasteiger partial charge >= 0.3 is 0 Å². The zero-order chi connectivity index (χ0) is 20.2. The predicted molar refractivity (Wildman–Crippen MR) is 122 cm³/mol. The molecular weight excluding hydrogens is 384 g/mol. The average molecular weight is 419 g/mol. The van der Waals surface area contributed by atoms with E-state index in [0.717, 1.165) is 63.8 Å². The Balaban J connectivity index is 1.48. The predicted octanol–water partition coefficient (Wildman–Crippen LogP) is 3.02. The number of aromatic nitrogens is 2. The summed E-state index contributed by atoms with van der Waals surface area (Å²) in [4.78, 5) is 14.4. The molecule has 0 saturated carbocycles. The van der Waals surface area contributed by atoms with E-state index in [1.807, 2.05) is 0 Å². The number of hydrogen-bond donors (Lipinski definition) is 2. The highest BCUT2D eigenvalue weighted by Crippen LogP contribution is 2.29. The molecule has 0 spiro atoms. The van der Waals surface area contributed by atoms with Crippen molar-refractivity contribution < 1.29 is 4.74 Å². The molecule has 8 heteroatoms. The second kappa shape index (κ2) is 9.43. The van der Waals surface area contributed by atoms with Crippen molar-refractivity contribution in [3.05, 3.63) is 6.07 Å². The van der Waals surface area contributed by atoms with Crippen molar-refractivity contribution in [1.82, 2.24) is 15.3 Å². The molecule has 2 N–H and O–H groups in total. The highest BCUT2D eigenvalue weighted by Gasteiger charge is 2.25. The lowest BCUT2D eigenvalue weighted by atomic mass is 9.92. The summed E-state index contributed by atoms with van der Waals surface area (Å²) < 4.78 is 5.66. The van der Waals surface area contributed by atoms with Crippen LogP contribution in [0.25, 0.3) is 0 Å². The molecule has 4 rings (SSSR count). The third-order valence-corrected chi connectivity index (χ3v) is 6.31. The Kier molecular flexibility index (Phi) is 6.70. The van der Waals surface area contributed by atoms with Gasteiger partial charge in [-0.3, -0.25) is 0 Å². The van der Waals surface area contributed by atoms with Gasteiger partial charge in [0, 0.05) is 45.4 Å². The maximum absolute atomic E-state index is 5.66. The topological polar surface area (TPSA) is 65.5 Å². The Morgan fingerprint density at radius 1 is 1.10 bits per heavy atom. The molecule has 3 fully saturated rings. The first-order valence-corrected chi connectivity index (χ1v) is 11.5. The van der Waals surface area contributed by atoms with E-state index in [0.29, 0.717) is 22.9 Å². The Morgan fingerprint density at radius 2 is 1.79 bits per heavy atom. The minimum Gasteiger partial charge on any atom is -0.376 e. The van der Waals surface area contributed by atoms with E-state index in [1.54, 1.807) is 0 Å². The molecule has 1 aromatic rings. The Hall–Kier alpha value is -1.67. The molecule has 3 aliphatic rings. The lowest BCUT2D eigenvalue weighted by Gasteiger charge is -2.36. The molecule has 0 unspecified atom stereocenters. The van der Waals surface area contributed by atoms with E-state index in [4.69, 9.17) is 26.9 Å². The van der Waals surface area contributed by atoms with Gasteiger partial charge in [0.1, 0.15) is 11.6 Å². The lowest BCUT2D eigenvalue weighted by Crippen LogP contribution is -2.40. The number of rotatable bonds is 5. The van der Waals surface area contributed by atoms with Crippen LogP contribution in [-0.4, -0.2) is 60.5 Å². The molecule has 0 aromatic carbocycles. The smallest absolute Gasteiger partial charge is 0.232 e. The van der Waals surface area contributed by atoms with Crippen molar-refractivity contribution in [2.24, 2.45) is 11.8 Å². The molecule has 3 aliphatic heterocycles. The molecule has 0 amide bonds. The number of ether oxygens (including phenoxy) is 1. The number of hydrogen-bond acceptors (Lipinski definition) is 6. The number of anilines is 3. The molecule has 4 heterocycles. The van der Waals surface area contributed by atoms with Gasteiger partial charge in [-0.25, -0.2) is 0 Å². The lowest BCUT2D eigenvalue weighted by molar-refractivity contribution is 0.114. The molecule has 160 valence electrons. The summed E-state index contributed by atoms with van der Waals surface area (Å²) in [5.74, 6) is 3.94. The van der Waals surface area contributed by atoms with Crippen LogP contribution in [0.5, 0.6) is 0 Å². The maximum atomic E-state index is 5.66. The zero-order valence-electron chi connectivity index (χ0n) is 17.7. The summed E-state index contributed by atoms with van der Waals surface area (Å²) in [6, 6.07) is 2.16. The monoisotopic (exact) mass is 418 g/mol. The first-order valence-electron chi connectivity index (χ1n) is 11.1. The van der Waals surface area contributed by atoms with Crippen LogP contribution in [-0.2, 0) is 4.74 Å². The van der Waals surface area contributed by atoms with E-state index in [-0.39, 0.29) is 6.10 Å². The van der Waals surface area contributed by atoms with E-state index < -0.39 is 0 Å². The molecule has 3 saturated heterocycles. The maximum Gasteiger partial charge on any atom is 0.232 e. The van der Waals surface area contributed by atoms with Gasteiger partial charge in [0.05, 0.1) is 6.10 Å². The fourth-order valence-electron chi connectivity index (χ4n) is 4.76. The fourth-order valence-corrected chi connectivity index (χ4v) is 4.93. The molecule has 1 aromatic heterocycles. The summed E-state index contributed by atoms with van der Waals surface area (Å²) in [6.07, 6.45) is 6.19. The Labute approximate surface area is 179 Å². The SMILES string of the molecule is C[C@H]1C[C@H](C)CN(c2cc(N3CCCC3)nc(NC(=S)NC[C@@H]3CCCO3)n2)C1. The van der Waals surface area contributed by atoms with Gasteiger partial charge in [-0.1, -0.05) is 13.8 Å². The normalized spacial score (nSPS) is 27.3. The Bertz CT molecular complexity index is 694. The quantitative estimate of drug-likeness (QED) is 0.708. The highest BCUT2D eigenvalue weighted by molar-refractivity contribution is 7.80. The first-order chi connectivity index (χ1) is 14.1. The Morgan fingerprint density at radius 3 is 2.45 bits per heavy atom. The summed E-state index contributed by atoms with van der Waals surface area (Å²) in [7, 11) is 0. The van der Waals surface area contributed by atoms with Crippen LogP contribution in [0.1, 0.15) is 46.0 Å². The first kappa shape index (κ1) is 20.6. The molecule has 0 bridgehead atoms. The third-order valence-electron chi connectivity index (χ3n) is 6.06. The number of nitrogens with one attached hydrogen (secondary N) is 2. The van der Waals surface area contributed by atoms with Gasteiger partial charge in [0.25, 0.3) is 0 Å². The van der Waals surface area contributed by atoms with Crippen LogP contribution in [0, 0.1) is 11.8 Å². The second-order valence-electron chi connectivity index (χ2n) is 8.92. The van der Waals surface area contributed by atoms with Crippen LogP contribution >= 0.6 is 12.2 Å². The number of thiocarbonyl (C=S) groups is 1. The summed E-state index contributed by atoms with van der Waals surface area (Å²) in [5.41, 5.74) is 0. The minimum atomic E-state index is 0.249. The third kappa shape index (κ3) is 5.48. The van der Waals surface area contributed by atoms with Gasteiger partial charge < -0.3 is 25.2 Å². The average Bonchev–Trinajstić information content (AvgIpc) is 3.39. The van der Waals surface area contributed by atoms with Gasteiger partial charge in [-0.05, 0) is 56.2 Å². The van der Waals surface area contributed by atoms with Crippen molar-refractivity contribution in [3.63, 3.8) is 0 Å². The van der Waals surface area contributed by atoms with Crippen LogP contribution in [0.3, 0.4) is 0 Å². The summed E-state index contributed by atoms with van der Waals surface area (Å²) in [6.45, 7) is 10.4. The van der Waals surface area contributed by atoms with Crippen molar-refractivity contribution in [3.8, 4) is 0 Å². The van der Waals surface area contributed by atoms with Gasteiger partial charge in [0.15, 0.2) is 5.11 Å². The van der Waals surface area contributed by atoms with E-state index in [1.165, 1.54) is 19.3 Å². The highest BCUT2D eigenvalue weighted by atomic mass is 32.1. The van der Waals surface area contributed by atoms with Gasteiger partial charge in [-0.2, -0.15) is 9.97 Å². The molecule has 0 aliphatic carbocycles. The largest absolute Gasteiger partial charge is 0.376 e. The van der Waals surface area contributed by atoms with E-state index in [2.05, 4.69) is 40.3 Å². The van der Waals surface area contributed by atoms with Gasteiger partial charge in [0.2, 0.25) is 5.95 Å². The standard InChI is InChI=1S/C21H34N6OS/c1-15-10-16(2)14-27(13-15)19-11-18(26-7-3-4-8-26)23-20(24-19)25-21(29)22-12-17-6-5-9-28-17/h11,15-17H,3-10,12-14H2,1-2H3,(H2,22,23,24,25,29)/t15-,16-,17-/m0/s1. The molecular formula is C21H34N6OS. The van der Waals surface area contributed by atoms with Crippen LogP contribution in [0.4, 0.5) is 17.6 Å². The zero-order valence-corrected chi connectivity index (χ0v) is 18.5. The van der Waals surface area contributed by atoms with E-state index in [9.17, 15) is 0 Å². The van der Waals surface area contributed by atoms with E-state index >= 15 is 0 Å². The number of nitrogens with zero attached hydrogens (tertiary/aromatic N) is 4. The summed E-state index contributed by atoms with van der Waals surface area (Å²) >= 11 is 5.50. The van der Waals surface area contributed by atoms with Crippen molar-refractivity contribution in [2.75, 3.05) is 54.4 Å². The molecule has 3 atom stereocenters. The molecule has 29 heavy (non-hydrogen) atoms. The van der Waals surface area contributed by atoms with Crippen LogP contribution in [0.2, 0.25) is 0 Å². The van der Waals surface area contributed by atoms with Crippen molar-refractivity contribution in [2.45, 2.75) is 52.1 Å². The second-order valence-corrected chi connectivity index (χ2v) is 9.33. The minimum absolute atomic E-state index is 0.249.